The van der Waals surface area contributed by atoms with Crippen LogP contribution in [0.2, 0.25) is 0 Å². The number of carbonyl (C=O) groups excluding carboxylic acids is 2. The minimum atomic E-state index is -2.68. The van der Waals surface area contributed by atoms with Gasteiger partial charge in [-0.25, -0.2) is 9.59 Å². The van der Waals surface area contributed by atoms with Crippen molar-refractivity contribution >= 4 is 24.1 Å². The average Bonchev–Trinajstić information content (AvgIpc) is 3.57. The Morgan fingerprint density at radius 3 is 1.68 bits per heavy atom. The van der Waals surface area contributed by atoms with Gasteiger partial charge in [0.1, 0.15) is 74.3 Å². The molecule has 2 aromatic rings. The number of esters is 2. The molecule has 0 aromatic heterocycles. The Kier molecular flexibility index (Phi) is 17.7. The number of carbonyl (C=O) groups is 2. The zero-order valence-electron chi connectivity index (χ0n) is 35.6. The van der Waals surface area contributed by atoms with E-state index in [1.807, 2.05) is 0 Å². The molecule has 3 aliphatic heterocycles. The maximum Gasteiger partial charge on any atom is 0.331 e. The van der Waals surface area contributed by atoms with Gasteiger partial charge in [-0.3, -0.25) is 0 Å². The maximum atomic E-state index is 13.4. The lowest BCUT2D eigenvalue weighted by Crippen LogP contribution is -2.66. The van der Waals surface area contributed by atoms with Gasteiger partial charge in [-0.15, -0.1) is 0 Å². The number of rotatable bonds is 19. The number of phenols is 1. The predicted octanol–water partition coefficient (Wildman–Crippen LogP) is -3.29. The molecule has 0 spiro atoms. The van der Waals surface area contributed by atoms with E-state index in [2.05, 4.69) is 0 Å². The van der Waals surface area contributed by atoms with Gasteiger partial charge >= 0.3 is 11.9 Å². The van der Waals surface area contributed by atoms with Crippen molar-refractivity contribution in [2.24, 2.45) is 0 Å². The average molecular weight is 931 g/mol. The molecule has 2 aromatic carbocycles. The van der Waals surface area contributed by atoms with E-state index in [1.54, 1.807) is 0 Å². The van der Waals surface area contributed by atoms with Gasteiger partial charge in [-0.2, -0.15) is 0 Å². The quantitative estimate of drug-likeness (QED) is 0.0487. The molecule has 362 valence electrons. The van der Waals surface area contributed by atoms with Gasteiger partial charge < -0.3 is 108 Å². The minimum Gasteiger partial charge on any atom is -0.502 e. The molecule has 0 bridgehead atoms. The van der Waals surface area contributed by atoms with Gasteiger partial charge in [0.25, 0.3) is 0 Å². The van der Waals surface area contributed by atoms with Crippen LogP contribution in [0.1, 0.15) is 11.1 Å². The molecule has 65 heavy (non-hydrogen) atoms. The largest absolute Gasteiger partial charge is 0.502 e. The number of aromatic hydroxyl groups is 1. The molecule has 24 nitrogen and oxygen atoms in total. The highest BCUT2D eigenvalue weighted by Crippen LogP contribution is 2.41. The van der Waals surface area contributed by atoms with E-state index >= 15 is 0 Å². The Morgan fingerprint density at radius 2 is 1.15 bits per heavy atom. The van der Waals surface area contributed by atoms with E-state index in [1.165, 1.54) is 72.0 Å². The summed E-state index contributed by atoms with van der Waals surface area (Å²) in [6.45, 7) is -3.88. The zero-order chi connectivity index (χ0) is 47.7. The van der Waals surface area contributed by atoms with Crippen LogP contribution in [0.25, 0.3) is 12.2 Å². The fraction of sp³-hybridized carbons (Fsp3) is 0.561. The van der Waals surface area contributed by atoms with Crippen molar-refractivity contribution in [1.82, 2.24) is 0 Å². The zero-order valence-corrected chi connectivity index (χ0v) is 35.6. The number of aliphatic hydroxyl groups excluding tert-OH is 9. The second kappa shape index (κ2) is 22.5. The first kappa shape index (κ1) is 51.1. The van der Waals surface area contributed by atoms with E-state index in [9.17, 15) is 60.7 Å². The van der Waals surface area contributed by atoms with Crippen molar-refractivity contribution in [2.45, 2.75) is 85.5 Å². The van der Waals surface area contributed by atoms with Crippen molar-refractivity contribution in [1.29, 1.82) is 0 Å². The van der Waals surface area contributed by atoms with Crippen LogP contribution in [-0.2, 0) is 42.7 Å². The summed E-state index contributed by atoms with van der Waals surface area (Å²) in [7, 11) is 6.76. The predicted molar refractivity (Wildman–Crippen MR) is 214 cm³/mol. The summed E-state index contributed by atoms with van der Waals surface area (Å²) >= 11 is 0. The molecule has 3 fully saturated rings. The molecule has 24 heteroatoms. The summed E-state index contributed by atoms with van der Waals surface area (Å²) < 4.78 is 65.9. The van der Waals surface area contributed by atoms with E-state index in [4.69, 9.17) is 56.8 Å². The molecule has 0 unspecified atom stereocenters. The van der Waals surface area contributed by atoms with E-state index in [-0.39, 0.29) is 34.5 Å². The standard InChI is InChI=1S/C41H54O24/c1-54-20-10-18(11-21(55-2)29(20)47)6-8-27(45)59-16-26-31(49)34(52)37(63-39-35(53)33(51)30(48)24(14-42)60-39)40(61-26)65-41(17-44)38(32(50)25(15-43)64-41)62-28(46)9-7-19-12-22(56-3)36(58-5)23(13-19)57-4/h6-13,24-26,30-35,37-40,42-44,47-53H,14-17H2,1-5H3/b8-6+,9-7+/t24-,25+,26-,30-,31-,32+,33+,34+,35-,37-,38+,39+,40-,41-/m1/s1. The number of methoxy groups -OCH3 is 5. The summed E-state index contributed by atoms with van der Waals surface area (Å²) in [6.07, 6.45) is -20.4. The van der Waals surface area contributed by atoms with Crippen LogP contribution in [0.3, 0.4) is 0 Å². The number of hydrogen-bond donors (Lipinski definition) is 10. The smallest absolute Gasteiger partial charge is 0.331 e. The van der Waals surface area contributed by atoms with Gasteiger partial charge in [0.2, 0.25) is 17.3 Å². The first-order chi connectivity index (χ1) is 31.0. The van der Waals surface area contributed by atoms with Crippen molar-refractivity contribution in [2.75, 3.05) is 62.0 Å². The number of phenolic OH excluding ortho intramolecular Hbond substituents is 1. The van der Waals surface area contributed by atoms with Crippen LogP contribution in [0, 0.1) is 0 Å². The lowest BCUT2D eigenvalue weighted by molar-refractivity contribution is -0.408. The van der Waals surface area contributed by atoms with Gasteiger partial charge in [0.05, 0.1) is 48.8 Å². The van der Waals surface area contributed by atoms with E-state index in [0.717, 1.165) is 12.2 Å². The molecule has 3 heterocycles. The monoisotopic (exact) mass is 930 g/mol. The van der Waals surface area contributed by atoms with Gasteiger partial charge in [-0.1, -0.05) is 0 Å². The molecule has 0 radical (unpaired) electrons. The lowest BCUT2D eigenvalue weighted by Gasteiger charge is -2.47. The Labute approximate surface area is 370 Å². The molecular weight excluding hydrogens is 876 g/mol. The summed E-state index contributed by atoms with van der Waals surface area (Å²) in [5.41, 5.74) is 0.692. The summed E-state index contributed by atoms with van der Waals surface area (Å²) in [5.74, 6) is -4.30. The highest BCUT2D eigenvalue weighted by molar-refractivity contribution is 5.88. The topological polar surface area (TPSA) is 347 Å². The minimum absolute atomic E-state index is 0.0328. The molecule has 5 rings (SSSR count). The van der Waals surface area contributed by atoms with Crippen LogP contribution in [-0.4, -0.2) is 210 Å². The summed E-state index contributed by atoms with van der Waals surface area (Å²) in [4.78, 5) is 26.2. The third kappa shape index (κ3) is 11.2. The van der Waals surface area contributed by atoms with E-state index in [0.29, 0.717) is 11.1 Å². The van der Waals surface area contributed by atoms with Gasteiger partial charge in [-0.05, 0) is 47.5 Å². The normalized spacial score (nSPS) is 32.6. The lowest BCUT2D eigenvalue weighted by atomic mass is 9.97. The van der Waals surface area contributed by atoms with E-state index < -0.39 is 124 Å². The number of hydrogen-bond acceptors (Lipinski definition) is 24. The molecule has 10 N–H and O–H groups in total. The van der Waals surface area contributed by atoms with Crippen LogP contribution < -0.4 is 23.7 Å². The third-order valence-electron chi connectivity index (χ3n) is 10.6. The molecular formula is C41H54O24. The second-order valence-corrected chi connectivity index (χ2v) is 14.6. The fourth-order valence-corrected chi connectivity index (χ4v) is 7.14. The Morgan fingerprint density at radius 1 is 0.631 bits per heavy atom. The molecule has 0 saturated carbocycles. The second-order valence-electron chi connectivity index (χ2n) is 14.6. The Balaban J connectivity index is 1.43. The highest BCUT2D eigenvalue weighted by atomic mass is 16.8. The van der Waals surface area contributed by atoms with Crippen molar-refractivity contribution in [3.63, 3.8) is 0 Å². The number of ether oxygens (including phenoxy) is 12. The molecule has 0 aliphatic carbocycles. The van der Waals surface area contributed by atoms with Crippen molar-refractivity contribution < 1.29 is 117 Å². The van der Waals surface area contributed by atoms with Crippen LogP contribution in [0.5, 0.6) is 34.5 Å². The Bertz CT molecular complexity index is 1920. The summed E-state index contributed by atoms with van der Waals surface area (Å²) in [6, 6.07) is 5.79. The molecule has 14 atom stereocenters. The maximum absolute atomic E-state index is 13.4. The highest BCUT2D eigenvalue weighted by Gasteiger charge is 2.61. The third-order valence-corrected chi connectivity index (χ3v) is 10.6. The van der Waals surface area contributed by atoms with Gasteiger partial charge in [0, 0.05) is 12.2 Å². The molecule has 3 aliphatic rings. The SMILES string of the molecule is COc1cc(/C=C/C(=O)OC[C@H]2O[C@H](O[C@@]3(CO)O[C@@H](CO)[C@H](O)[C@@H]3OC(=O)/C=C/c3cc(OC)c(OC)c(OC)c3)[C@H](O[C@@H]3O[C@H](CO)[C@@H](O)[C@H](O)[C@H]3O)[C@@H](O)[C@@H]2O)cc(OC)c1O. The number of aliphatic hydroxyl groups is 9. The molecule has 0 amide bonds. The van der Waals surface area contributed by atoms with Gasteiger partial charge in [0.15, 0.2) is 41.7 Å². The van der Waals surface area contributed by atoms with Crippen LogP contribution in [0.4, 0.5) is 0 Å². The fourth-order valence-electron chi connectivity index (χ4n) is 7.14. The molecule has 3 saturated heterocycles. The van der Waals surface area contributed by atoms with Crippen LogP contribution >= 0.6 is 0 Å². The first-order valence-corrected chi connectivity index (χ1v) is 19.7. The summed E-state index contributed by atoms with van der Waals surface area (Å²) in [5, 5.41) is 106. The van der Waals surface area contributed by atoms with Crippen molar-refractivity contribution in [3.05, 3.63) is 47.5 Å². The van der Waals surface area contributed by atoms with Crippen LogP contribution in [0.15, 0.2) is 36.4 Å². The van der Waals surface area contributed by atoms with Crippen molar-refractivity contribution in [3.8, 4) is 34.5 Å². The number of benzene rings is 2. The Hall–Kier alpha value is -4.90. The first-order valence-electron chi connectivity index (χ1n) is 19.7.